The number of carbonyl (C=O) groups is 1. The van der Waals surface area contributed by atoms with Crippen molar-refractivity contribution in [3.63, 3.8) is 0 Å². The minimum atomic E-state index is -0.199. The van der Waals surface area contributed by atoms with Crippen LogP contribution in [-0.2, 0) is 12.0 Å². The van der Waals surface area contributed by atoms with Crippen molar-refractivity contribution in [2.24, 2.45) is 0 Å². The predicted octanol–water partition coefficient (Wildman–Crippen LogP) is 3.62. The first-order valence-electron chi connectivity index (χ1n) is 8.46. The summed E-state index contributed by atoms with van der Waals surface area (Å²) in [5, 5.41) is 6.10. The van der Waals surface area contributed by atoms with Gasteiger partial charge < -0.3 is 15.4 Å². The van der Waals surface area contributed by atoms with Gasteiger partial charge in [-0.05, 0) is 48.9 Å². The topological polar surface area (TPSA) is 50.4 Å². The average molecular weight is 324 g/mol. The zero-order chi connectivity index (χ0) is 16.8. The number of hydrogen-bond donors (Lipinski definition) is 2. The third-order valence-electron chi connectivity index (χ3n) is 4.52. The predicted molar refractivity (Wildman–Crippen MR) is 95.2 cm³/mol. The van der Waals surface area contributed by atoms with Crippen LogP contribution in [0.5, 0.6) is 5.75 Å². The molecule has 0 heterocycles. The van der Waals surface area contributed by atoms with Gasteiger partial charge in [-0.2, -0.15) is 0 Å². The second-order valence-electron chi connectivity index (χ2n) is 6.28. The smallest absolute Gasteiger partial charge is 0.315 e. The Morgan fingerprint density at radius 1 is 1.08 bits per heavy atom. The number of nitrogens with one attached hydrogen (secondary N) is 2. The van der Waals surface area contributed by atoms with Crippen LogP contribution in [-0.4, -0.2) is 19.7 Å². The lowest BCUT2D eigenvalue weighted by atomic mass is 10.1. The number of benzene rings is 2. The molecular weight excluding hydrogens is 300 g/mol. The summed E-state index contributed by atoms with van der Waals surface area (Å²) in [5.41, 5.74) is 2.25. The van der Waals surface area contributed by atoms with Crippen molar-refractivity contribution in [2.75, 3.05) is 13.7 Å². The minimum Gasteiger partial charge on any atom is -0.497 e. The molecule has 24 heavy (non-hydrogen) atoms. The molecule has 2 aromatic carbocycles. The van der Waals surface area contributed by atoms with Gasteiger partial charge in [-0.15, -0.1) is 0 Å². The molecule has 2 aromatic rings. The Labute approximate surface area is 143 Å². The molecule has 4 heteroatoms. The number of carbonyl (C=O) groups excluding carboxylic acids is 1. The Kier molecular flexibility index (Phi) is 5.04. The molecular formula is C20H24N2O2. The van der Waals surface area contributed by atoms with Crippen LogP contribution in [0.3, 0.4) is 0 Å². The molecule has 2 amide bonds. The molecule has 0 saturated heterocycles. The highest BCUT2D eigenvalue weighted by Crippen LogP contribution is 2.45. The fraction of sp³-hybridized carbons (Fsp3) is 0.350. The Hall–Kier alpha value is -2.49. The first kappa shape index (κ1) is 16.4. The van der Waals surface area contributed by atoms with Crippen molar-refractivity contribution >= 4 is 6.03 Å². The molecule has 0 radical (unpaired) electrons. The van der Waals surface area contributed by atoms with Gasteiger partial charge in [-0.3, -0.25) is 0 Å². The van der Waals surface area contributed by atoms with Gasteiger partial charge in [0.2, 0.25) is 0 Å². The molecule has 1 saturated carbocycles. The fourth-order valence-electron chi connectivity index (χ4n) is 2.92. The van der Waals surface area contributed by atoms with E-state index in [4.69, 9.17) is 4.74 Å². The van der Waals surface area contributed by atoms with E-state index in [1.165, 1.54) is 5.56 Å². The van der Waals surface area contributed by atoms with Gasteiger partial charge in [0.15, 0.2) is 0 Å². The van der Waals surface area contributed by atoms with Gasteiger partial charge in [-0.1, -0.05) is 42.5 Å². The molecule has 0 aromatic heterocycles. The van der Waals surface area contributed by atoms with Crippen LogP contribution < -0.4 is 15.4 Å². The minimum absolute atomic E-state index is 0.0867. The summed E-state index contributed by atoms with van der Waals surface area (Å²) in [6, 6.07) is 18.2. The summed E-state index contributed by atoms with van der Waals surface area (Å²) in [6.07, 6.45) is 3.88. The lowest BCUT2D eigenvalue weighted by molar-refractivity contribution is 0.235. The van der Waals surface area contributed by atoms with E-state index < -0.39 is 0 Å². The van der Waals surface area contributed by atoms with Crippen molar-refractivity contribution in [3.8, 4) is 5.75 Å². The van der Waals surface area contributed by atoms with E-state index in [1.807, 2.05) is 42.5 Å². The maximum Gasteiger partial charge on any atom is 0.315 e. The van der Waals surface area contributed by atoms with Crippen LogP contribution in [0.1, 0.15) is 30.4 Å². The van der Waals surface area contributed by atoms with E-state index in [0.717, 1.165) is 37.0 Å². The van der Waals surface area contributed by atoms with Crippen LogP contribution in [0, 0.1) is 0 Å². The average Bonchev–Trinajstić information content (AvgIpc) is 3.40. The molecule has 0 bridgehead atoms. The molecule has 0 spiro atoms. The molecule has 4 nitrogen and oxygen atoms in total. The second-order valence-corrected chi connectivity index (χ2v) is 6.28. The molecule has 0 unspecified atom stereocenters. The number of ether oxygens (including phenoxy) is 1. The molecule has 0 atom stereocenters. The third-order valence-corrected chi connectivity index (χ3v) is 4.52. The summed E-state index contributed by atoms with van der Waals surface area (Å²) in [7, 11) is 1.66. The molecule has 126 valence electrons. The highest BCUT2D eigenvalue weighted by atomic mass is 16.5. The largest absolute Gasteiger partial charge is 0.497 e. The van der Waals surface area contributed by atoms with E-state index in [2.05, 4.69) is 22.8 Å². The van der Waals surface area contributed by atoms with Crippen molar-refractivity contribution < 1.29 is 9.53 Å². The zero-order valence-corrected chi connectivity index (χ0v) is 14.0. The van der Waals surface area contributed by atoms with Crippen molar-refractivity contribution in [1.82, 2.24) is 10.6 Å². The maximum absolute atomic E-state index is 12.2. The number of aryl methyl sites for hydroxylation is 1. The molecule has 0 aliphatic heterocycles. The van der Waals surface area contributed by atoms with Gasteiger partial charge in [0.05, 0.1) is 12.6 Å². The van der Waals surface area contributed by atoms with Crippen molar-refractivity contribution in [2.45, 2.75) is 31.2 Å². The number of methoxy groups -OCH3 is 1. The van der Waals surface area contributed by atoms with Gasteiger partial charge in [-0.25, -0.2) is 4.79 Å². The van der Waals surface area contributed by atoms with E-state index in [9.17, 15) is 4.79 Å². The fourth-order valence-corrected chi connectivity index (χ4v) is 2.92. The molecule has 1 aliphatic rings. The quantitative estimate of drug-likeness (QED) is 0.764. The van der Waals surface area contributed by atoms with Gasteiger partial charge in [0.25, 0.3) is 0 Å². The zero-order valence-electron chi connectivity index (χ0n) is 14.0. The van der Waals surface area contributed by atoms with Crippen LogP contribution in [0.25, 0.3) is 0 Å². The summed E-state index contributed by atoms with van der Waals surface area (Å²) < 4.78 is 5.19. The summed E-state index contributed by atoms with van der Waals surface area (Å²) in [6.45, 7) is 0.680. The summed E-state index contributed by atoms with van der Waals surface area (Å²) in [5.74, 6) is 0.833. The Balaban J connectivity index is 1.44. The van der Waals surface area contributed by atoms with E-state index in [0.29, 0.717) is 6.54 Å². The van der Waals surface area contributed by atoms with Crippen LogP contribution in [0.4, 0.5) is 4.79 Å². The lowest BCUT2D eigenvalue weighted by Gasteiger charge is -2.19. The Morgan fingerprint density at radius 3 is 2.42 bits per heavy atom. The van der Waals surface area contributed by atoms with Crippen LogP contribution in [0.15, 0.2) is 54.6 Å². The van der Waals surface area contributed by atoms with E-state index in [1.54, 1.807) is 7.11 Å². The first-order valence-corrected chi connectivity index (χ1v) is 8.46. The third kappa shape index (κ3) is 4.07. The van der Waals surface area contributed by atoms with Gasteiger partial charge in [0, 0.05) is 6.54 Å². The van der Waals surface area contributed by atoms with E-state index >= 15 is 0 Å². The Bertz CT molecular complexity index is 664. The standard InChI is InChI=1S/C20H24N2O2/c1-24-18-11-9-17(10-12-18)20(13-14-20)22-19(23)21-15-5-8-16-6-3-2-4-7-16/h2-4,6-7,9-12H,5,8,13-15H2,1H3,(H2,21,22,23). The summed E-state index contributed by atoms with van der Waals surface area (Å²) in [4.78, 5) is 12.2. The molecule has 1 aliphatic carbocycles. The SMILES string of the molecule is COc1ccc(C2(NC(=O)NCCCc3ccccc3)CC2)cc1. The Morgan fingerprint density at radius 2 is 1.79 bits per heavy atom. The first-order chi connectivity index (χ1) is 11.7. The van der Waals surface area contributed by atoms with Gasteiger partial charge >= 0.3 is 6.03 Å². The second kappa shape index (κ2) is 7.39. The molecule has 2 N–H and O–H groups in total. The highest BCUT2D eigenvalue weighted by Gasteiger charge is 2.45. The molecule has 3 rings (SSSR count). The van der Waals surface area contributed by atoms with Crippen LogP contribution >= 0.6 is 0 Å². The normalized spacial score (nSPS) is 14.7. The van der Waals surface area contributed by atoms with Crippen LogP contribution in [0.2, 0.25) is 0 Å². The van der Waals surface area contributed by atoms with Crippen molar-refractivity contribution in [1.29, 1.82) is 0 Å². The van der Waals surface area contributed by atoms with Crippen molar-refractivity contribution in [3.05, 3.63) is 65.7 Å². The number of amides is 2. The lowest BCUT2D eigenvalue weighted by Crippen LogP contribution is -2.42. The van der Waals surface area contributed by atoms with E-state index in [-0.39, 0.29) is 11.6 Å². The maximum atomic E-state index is 12.2. The number of rotatable bonds is 7. The monoisotopic (exact) mass is 324 g/mol. The highest BCUT2D eigenvalue weighted by molar-refractivity contribution is 5.75. The molecule has 1 fully saturated rings. The number of hydrogen-bond acceptors (Lipinski definition) is 2. The summed E-state index contributed by atoms with van der Waals surface area (Å²) >= 11 is 0. The van der Waals surface area contributed by atoms with Gasteiger partial charge in [0.1, 0.15) is 5.75 Å². The number of urea groups is 1.